The number of carboxylic acid groups (broad SMARTS) is 1. The molecule has 1 aliphatic heterocycles. The fourth-order valence-electron chi connectivity index (χ4n) is 1.54. The average molecular weight is 254 g/mol. The number of aromatic carboxylic acids is 1. The van der Waals surface area contributed by atoms with Gasteiger partial charge in [-0.15, -0.1) is 11.3 Å². The molecule has 7 heteroatoms. The van der Waals surface area contributed by atoms with Gasteiger partial charge in [0, 0.05) is 6.42 Å². The van der Waals surface area contributed by atoms with Crippen LogP contribution in [0.3, 0.4) is 0 Å². The number of hydrogen-bond donors (Lipinski definition) is 3. The molecule has 1 saturated heterocycles. The number of carbonyl (C=O) groups is 3. The van der Waals surface area contributed by atoms with Crippen LogP contribution in [0.5, 0.6) is 0 Å². The summed E-state index contributed by atoms with van der Waals surface area (Å²) in [4.78, 5) is 33.4. The highest BCUT2D eigenvalue weighted by molar-refractivity contribution is 7.18. The summed E-state index contributed by atoms with van der Waals surface area (Å²) in [5.41, 5.74) is 0. The average Bonchev–Trinajstić information content (AvgIpc) is 2.86. The van der Waals surface area contributed by atoms with Crippen LogP contribution in [0.15, 0.2) is 12.1 Å². The first-order chi connectivity index (χ1) is 8.06. The van der Waals surface area contributed by atoms with Crippen LogP contribution in [-0.4, -0.2) is 28.9 Å². The summed E-state index contributed by atoms with van der Waals surface area (Å²) in [6, 6.07) is 2.44. The van der Waals surface area contributed by atoms with Crippen LogP contribution in [0.25, 0.3) is 0 Å². The van der Waals surface area contributed by atoms with Gasteiger partial charge in [-0.2, -0.15) is 0 Å². The molecule has 1 aromatic rings. The molecule has 0 spiro atoms. The van der Waals surface area contributed by atoms with Gasteiger partial charge in [0.25, 0.3) is 0 Å². The zero-order valence-electron chi connectivity index (χ0n) is 8.73. The monoisotopic (exact) mass is 254 g/mol. The molecular weight excluding hydrogens is 244 g/mol. The van der Waals surface area contributed by atoms with Gasteiger partial charge in [-0.25, -0.2) is 4.79 Å². The number of carboxylic acids is 1. The maximum absolute atomic E-state index is 11.7. The Morgan fingerprint density at radius 2 is 2.24 bits per heavy atom. The van der Waals surface area contributed by atoms with E-state index in [1.54, 1.807) is 0 Å². The molecule has 3 N–H and O–H groups in total. The van der Waals surface area contributed by atoms with E-state index in [9.17, 15) is 14.4 Å². The van der Waals surface area contributed by atoms with E-state index in [1.165, 1.54) is 12.1 Å². The third kappa shape index (κ3) is 2.62. The Hall–Kier alpha value is -1.89. The Labute approximate surface area is 101 Å². The number of amides is 2. The van der Waals surface area contributed by atoms with Crippen LogP contribution in [0.2, 0.25) is 0 Å². The summed E-state index contributed by atoms with van der Waals surface area (Å²) in [7, 11) is 0. The van der Waals surface area contributed by atoms with Gasteiger partial charge in [0.05, 0.1) is 5.00 Å². The molecule has 17 heavy (non-hydrogen) atoms. The molecule has 1 atom stereocenters. The standard InChI is InChI=1S/C10H10N2O4S/c13-7-3-1-5(11-7)9(14)12-8-4-2-6(17-8)10(15)16/h2,4-5H,1,3H2,(H,11,13)(H,12,14)(H,15,16). The molecule has 6 nitrogen and oxygen atoms in total. The van der Waals surface area contributed by atoms with Gasteiger partial charge in [0.1, 0.15) is 10.9 Å². The number of hydrogen-bond acceptors (Lipinski definition) is 4. The van der Waals surface area contributed by atoms with Crippen molar-refractivity contribution >= 4 is 34.1 Å². The lowest BCUT2D eigenvalue weighted by Crippen LogP contribution is -2.37. The molecule has 1 aromatic heterocycles. The summed E-state index contributed by atoms with van der Waals surface area (Å²) < 4.78 is 0. The molecule has 2 heterocycles. The zero-order valence-corrected chi connectivity index (χ0v) is 9.54. The minimum atomic E-state index is -1.02. The highest BCUT2D eigenvalue weighted by Crippen LogP contribution is 2.22. The highest BCUT2D eigenvalue weighted by atomic mass is 32.1. The van der Waals surface area contributed by atoms with Crippen molar-refractivity contribution in [2.45, 2.75) is 18.9 Å². The van der Waals surface area contributed by atoms with Gasteiger partial charge in [-0.1, -0.05) is 0 Å². The summed E-state index contributed by atoms with van der Waals surface area (Å²) in [5, 5.41) is 14.3. The van der Waals surface area contributed by atoms with E-state index in [-0.39, 0.29) is 16.7 Å². The Kier molecular flexibility index (Phi) is 3.10. The van der Waals surface area contributed by atoms with Crippen molar-refractivity contribution in [2.75, 3.05) is 5.32 Å². The molecule has 0 radical (unpaired) electrons. The van der Waals surface area contributed by atoms with Gasteiger partial charge in [0.15, 0.2) is 0 Å². The topological polar surface area (TPSA) is 95.5 Å². The van der Waals surface area contributed by atoms with Crippen molar-refractivity contribution in [1.29, 1.82) is 0 Å². The quantitative estimate of drug-likeness (QED) is 0.738. The maximum Gasteiger partial charge on any atom is 0.345 e. The van der Waals surface area contributed by atoms with E-state index in [4.69, 9.17) is 5.11 Å². The summed E-state index contributed by atoms with van der Waals surface area (Å²) >= 11 is 0.985. The fourth-order valence-corrected chi connectivity index (χ4v) is 2.29. The van der Waals surface area contributed by atoms with Crippen LogP contribution in [0.1, 0.15) is 22.5 Å². The molecule has 2 amide bonds. The minimum absolute atomic E-state index is 0.137. The van der Waals surface area contributed by atoms with Crippen molar-refractivity contribution in [2.24, 2.45) is 0 Å². The lowest BCUT2D eigenvalue weighted by molar-refractivity contribution is -0.122. The van der Waals surface area contributed by atoms with Gasteiger partial charge in [-0.05, 0) is 18.6 Å². The summed E-state index contributed by atoms with van der Waals surface area (Å²) in [6.07, 6.45) is 0.824. The lowest BCUT2D eigenvalue weighted by atomic mass is 10.2. The third-order valence-corrected chi connectivity index (χ3v) is 3.36. The molecular formula is C10H10N2O4S. The lowest BCUT2D eigenvalue weighted by Gasteiger charge is -2.08. The molecule has 1 unspecified atom stereocenters. The molecule has 90 valence electrons. The Bertz CT molecular complexity index is 482. The Balaban J connectivity index is 1.98. The Morgan fingerprint density at radius 3 is 2.76 bits per heavy atom. The van der Waals surface area contributed by atoms with E-state index in [0.29, 0.717) is 17.8 Å². The summed E-state index contributed by atoms with van der Waals surface area (Å²) in [5.74, 6) is -1.47. The van der Waals surface area contributed by atoms with Crippen molar-refractivity contribution < 1.29 is 19.5 Å². The predicted molar refractivity (Wildman–Crippen MR) is 61.1 cm³/mol. The van der Waals surface area contributed by atoms with Gasteiger partial charge in [-0.3, -0.25) is 9.59 Å². The normalized spacial score (nSPS) is 18.8. The molecule has 0 saturated carbocycles. The van der Waals surface area contributed by atoms with E-state index in [2.05, 4.69) is 10.6 Å². The number of thiophene rings is 1. The molecule has 0 bridgehead atoms. The van der Waals surface area contributed by atoms with Gasteiger partial charge in [0.2, 0.25) is 11.8 Å². The molecule has 0 aromatic carbocycles. The fraction of sp³-hybridized carbons (Fsp3) is 0.300. The van der Waals surface area contributed by atoms with Crippen LogP contribution in [0, 0.1) is 0 Å². The van der Waals surface area contributed by atoms with E-state index in [0.717, 1.165) is 11.3 Å². The smallest absolute Gasteiger partial charge is 0.345 e. The molecule has 0 aliphatic carbocycles. The minimum Gasteiger partial charge on any atom is -0.477 e. The zero-order chi connectivity index (χ0) is 12.4. The maximum atomic E-state index is 11.7. The van der Waals surface area contributed by atoms with E-state index < -0.39 is 12.0 Å². The SMILES string of the molecule is O=C1CCC(C(=O)Nc2ccc(C(=O)O)s2)N1. The van der Waals surface area contributed by atoms with E-state index >= 15 is 0 Å². The van der Waals surface area contributed by atoms with E-state index in [1.807, 2.05) is 0 Å². The molecule has 1 aliphatic rings. The van der Waals surface area contributed by atoms with Crippen LogP contribution < -0.4 is 10.6 Å². The largest absolute Gasteiger partial charge is 0.477 e. The van der Waals surface area contributed by atoms with Crippen molar-refractivity contribution in [3.05, 3.63) is 17.0 Å². The van der Waals surface area contributed by atoms with Crippen LogP contribution in [-0.2, 0) is 9.59 Å². The second-order valence-electron chi connectivity index (χ2n) is 3.62. The number of nitrogens with one attached hydrogen (secondary N) is 2. The van der Waals surface area contributed by atoms with Crippen molar-refractivity contribution in [3.8, 4) is 0 Å². The summed E-state index contributed by atoms with van der Waals surface area (Å²) in [6.45, 7) is 0. The first kappa shape index (κ1) is 11.6. The highest BCUT2D eigenvalue weighted by Gasteiger charge is 2.27. The first-order valence-corrected chi connectivity index (χ1v) is 5.81. The number of anilines is 1. The molecule has 1 fully saturated rings. The second-order valence-corrected chi connectivity index (χ2v) is 4.70. The third-order valence-electron chi connectivity index (χ3n) is 2.37. The van der Waals surface area contributed by atoms with Crippen LogP contribution in [0.4, 0.5) is 5.00 Å². The van der Waals surface area contributed by atoms with Crippen molar-refractivity contribution in [1.82, 2.24) is 5.32 Å². The Morgan fingerprint density at radius 1 is 1.47 bits per heavy atom. The van der Waals surface area contributed by atoms with Crippen LogP contribution >= 0.6 is 11.3 Å². The van der Waals surface area contributed by atoms with Gasteiger partial charge < -0.3 is 15.7 Å². The number of rotatable bonds is 3. The van der Waals surface area contributed by atoms with Crippen molar-refractivity contribution in [3.63, 3.8) is 0 Å². The second kappa shape index (κ2) is 4.54. The predicted octanol–water partition coefficient (Wildman–Crippen LogP) is 0.663. The van der Waals surface area contributed by atoms with Gasteiger partial charge >= 0.3 is 5.97 Å². The number of carbonyl (C=O) groups excluding carboxylic acids is 2. The molecule has 2 rings (SSSR count). The first-order valence-electron chi connectivity index (χ1n) is 4.99.